The lowest BCUT2D eigenvalue weighted by Gasteiger charge is -2.30. The number of rotatable bonds is 4. The number of allylic oxidation sites excluding steroid dienone is 1. The molecule has 0 bridgehead atoms. The molecule has 3 aromatic carbocycles. The fourth-order valence-electron chi connectivity index (χ4n) is 4.14. The molecule has 0 spiro atoms. The first kappa shape index (κ1) is 20.7. The van der Waals surface area contributed by atoms with Crippen molar-refractivity contribution in [2.24, 2.45) is 0 Å². The number of hydrogen-bond acceptors (Lipinski definition) is 4. The predicted octanol–water partition coefficient (Wildman–Crippen LogP) is 6.41. The number of thiocarbonyl (C=S) groups is 1. The maximum Gasteiger partial charge on any atom is 0.272 e. The van der Waals surface area contributed by atoms with Crippen LogP contribution in [0.25, 0.3) is 6.08 Å². The molecule has 5 heteroatoms. The van der Waals surface area contributed by atoms with Crippen LogP contribution in [-0.2, 0) is 11.2 Å². The van der Waals surface area contributed by atoms with Crippen molar-refractivity contribution in [1.82, 2.24) is 0 Å². The minimum Gasteiger partial charge on any atom is -0.340 e. The van der Waals surface area contributed by atoms with Gasteiger partial charge in [0.15, 0.2) is 4.32 Å². The van der Waals surface area contributed by atoms with Crippen LogP contribution in [0, 0.1) is 0 Å². The number of likely N-dealkylation sites (N-methyl/N-ethyl adjacent to an activating group) is 1. The normalized spacial score (nSPS) is 17.8. The molecular weight excluding hydrogens is 432 g/mol. The second kappa shape index (κ2) is 8.77. The average Bonchev–Trinajstić information content (AvgIpc) is 3.13. The standard InChI is InChI=1S/C27H22N2OS2/c1-2-28-23-11-7-6-10-21(23)14-17-24(28)25-26(30)29(27(31)32-25)22-15-12-20(13-16-22)18-19-8-4-3-5-9-19/h3-17H,2,18H2,1H3/b25-24+. The predicted molar refractivity (Wildman–Crippen MR) is 139 cm³/mol. The zero-order chi connectivity index (χ0) is 22.1. The van der Waals surface area contributed by atoms with Crippen molar-refractivity contribution < 1.29 is 4.79 Å². The molecule has 3 nitrogen and oxygen atoms in total. The van der Waals surface area contributed by atoms with Gasteiger partial charge in [0.05, 0.1) is 11.4 Å². The molecule has 0 N–H and O–H groups in total. The van der Waals surface area contributed by atoms with E-state index in [0.717, 1.165) is 35.6 Å². The number of benzene rings is 3. The van der Waals surface area contributed by atoms with Gasteiger partial charge in [0.2, 0.25) is 0 Å². The number of para-hydroxylation sites is 1. The van der Waals surface area contributed by atoms with E-state index < -0.39 is 0 Å². The van der Waals surface area contributed by atoms with Gasteiger partial charge in [0, 0.05) is 12.2 Å². The van der Waals surface area contributed by atoms with Crippen molar-refractivity contribution in [3.8, 4) is 0 Å². The summed E-state index contributed by atoms with van der Waals surface area (Å²) in [6.07, 6.45) is 4.96. The van der Waals surface area contributed by atoms with E-state index in [0.29, 0.717) is 9.23 Å². The minimum atomic E-state index is -0.0618. The van der Waals surface area contributed by atoms with Gasteiger partial charge in [-0.15, -0.1) is 0 Å². The molecule has 0 aliphatic carbocycles. The summed E-state index contributed by atoms with van der Waals surface area (Å²) >= 11 is 7.01. The summed E-state index contributed by atoms with van der Waals surface area (Å²) in [5.74, 6) is -0.0618. The van der Waals surface area contributed by atoms with Crippen LogP contribution in [0.4, 0.5) is 11.4 Å². The number of amides is 1. The van der Waals surface area contributed by atoms with Gasteiger partial charge >= 0.3 is 0 Å². The first-order chi connectivity index (χ1) is 15.7. The summed E-state index contributed by atoms with van der Waals surface area (Å²) in [6.45, 7) is 2.87. The monoisotopic (exact) mass is 454 g/mol. The zero-order valence-corrected chi connectivity index (χ0v) is 19.3. The first-order valence-electron chi connectivity index (χ1n) is 10.6. The number of carbonyl (C=O) groups excluding carboxylic acids is 1. The Kier molecular flexibility index (Phi) is 5.68. The molecule has 0 radical (unpaired) electrons. The van der Waals surface area contributed by atoms with Crippen molar-refractivity contribution in [3.63, 3.8) is 0 Å². The van der Waals surface area contributed by atoms with Crippen LogP contribution in [0.15, 0.2) is 95.5 Å². The second-order valence-electron chi connectivity index (χ2n) is 7.69. The van der Waals surface area contributed by atoms with E-state index >= 15 is 0 Å². The lowest BCUT2D eigenvalue weighted by Crippen LogP contribution is -2.30. The number of anilines is 2. The van der Waals surface area contributed by atoms with E-state index in [2.05, 4.69) is 66.4 Å². The Labute approximate surface area is 198 Å². The van der Waals surface area contributed by atoms with Crippen LogP contribution in [-0.4, -0.2) is 16.8 Å². The quantitative estimate of drug-likeness (QED) is 0.336. The van der Waals surface area contributed by atoms with Crippen LogP contribution < -0.4 is 9.80 Å². The van der Waals surface area contributed by atoms with E-state index in [1.54, 1.807) is 4.90 Å². The molecule has 0 atom stereocenters. The lowest BCUT2D eigenvalue weighted by molar-refractivity contribution is -0.113. The van der Waals surface area contributed by atoms with Crippen molar-refractivity contribution in [2.45, 2.75) is 13.3 Å². The van der Waals surface area contributed by atoms with Crippen LogP contribution in [0.2, 0.25) is 0 Å². The third-order valence-corrected chi connectivity index (χ3v) is 7.08. The van der Waals surface area contributed by atoms with Crippen LogP contribution >= 0.6 is 24.0 Å². The molecule has 3 aromatic rings. The molecule has 32 heavy (non-hydrogen) atoms. The first-order valence-corrected chi connectivity index (χ1v) is 11.9. The summed E-state index contributed by atoms with van der Waals surface area (Å²) < 4.78 is 0.566. The summed E-state index contributed by atoms with van der Waals surface area (Å²) in [7, 11) is 0. The maximum atomic E-state index is 13.5. The summed E-state index contributed by atoms with van der Waals surface area (Å²) in [5.41, 5.74) is 6.45. The zero-order valence-electron chi connectivity index (χ0n) is 17.7. The van der Waals surface area contributed by atoms with Gasteiger partial charge in [-0.25, -0.2) is 0 Å². The van der Waals surface area contributed by atoms with Crippen molar-refractivity contribution >= 4 is 51.7 Å². The molecule has 0 unspecified atom stereocenters. The number of nitrogens with zero attached hydrogens (tertiary/aromatic N) is 2. The van der Waals surface area contributed by atoms with Crippen molar-refractivity contribution in [1.29, 1.82) is 0 Å². The van der Waals surface area contributed by atoms with Gasteiger partial charge in [-0.05, 0) is 54.3 Å². The Morgan fingerprint density at radius 2 is 1.53 bits per heavy atom. The van der Waals surface area contributed by atoms with Crippen molar-refractivity contribution in [3.05, 3.63) is 112 Å². The molecule has 1 amide bonds. The highest BCUT2D eigenvalue weighted by atomic mass is 32.2. The van der Waals surface area contributed by atoms with E-state index in [4.69, 9.17) is 12.2 Å². The lowest BCUT2D eigenvalue weighted by atomic mass is 10.0. The number of fused-ring (bicyclic) bond motifs is 1. The highest BCUT2D eigenvalue weighted by molar-refractivity contribution is 8.27. The van der Waals surface area contributed by atoms with Gasteiger partial charge in [0.25, 0.3) is 5.91 Å². The van der Waals surface area contributed by atoms with Crippen LogP contribution in [0.1, 0.15) is 23.6 Å². The van der Waals surface area contributed by atoms with Crippen LogP contribution in [0.3, 0.4) is 0 Å². The summed E-state index contributed by atoms with van der Waals surface area (Å²) in [6, 6.07) is 26.7. The van der Waals surface area contributed by atoms with Crippen molar-refractivity contribution in [2.75, 3.05) is 16.3 Å². The maximum absolute atomic E-state index is 13.5. The Morgan fingerprint density at radius 1 is 0.844 bits per heavy atom. The molecule has 2 aliphatic rings. The molecule has 0 saturated carbocycles. The fourth-order valence-corrected chi connectivity index (χ4v) is 5.50. The van der Waals surface area contributed by atoms with E-state index in [-0.39, 0.29) is 5.91 Å². The van der Waals surface area contributed by atoms with E-state index in [1.807, 2.05) is 36.4 Å². The Bertz CT molecular complexity index is 1250. The van der Waals surface area contributed by atoms with E-state index in [9.17, 15) is 4.79 Å². The highest BCUT2D eigenvalue weighted by Gasteiger charge is 2.37. The molecule has 0 aromatic heterocycles. The smallest absolute Gasteiger partial charge is 0.272 e. The second-order valence-corrected chi connectivity index (χ2v) is 9.33. The molecule has 1 saturated heterocycles. The van der Waals surface area contributed by atoms with Gasteiger partial charge in [-0.3, -0.25) is 9.69 Å². The van der Waals surface area contributed by atoms with Gasteiger partial charge in [-0.1, -0.05) is 90.7 Å². The number of hydrogen-bond donors (Lipinski definition) is 0. The molecular formula is C27H22N2OS2. The highest BCUT2D eigenvalue weighted by Crippen LogP contribution is 2.41. The van der Waals surface area contributed by atoms with E-state index in [1.165, 1.54) is 22.9 Å². The topological polar surface area (TPSA) is 23.6 Å². The number of carbonyl (C=O) groups is 1. The molecule has 2 aliphatic heterocycles. The average molecular weight is 455 g/mol. The SMILES string of the molecule is CCN1/C(=C2/SC(=S)N(c3ccc(Cc4ccccc4)cc3)C2=O)C=Cc2ccccc21. The van der Waals surface area contributed by atoms with Gasteiger partial charge < -0.3 is 4.90 Å². The molecule has 2 heterocycles. The van der Waals surface area contributed by atoms with Gasteiger partial charge in [-0.2, -0.15) is 0 Å². The van der Waals surface area contributed by atoms with Gasteiger partial charge in [0.1, 0.15) is 4.91 Å². The summed E-state index contributed by atoms with van der Waals surface area (Å²) in [4.78, 5) is 18.0. The summed E-state index contributed by atoms with van der Waals surface area (Å²) in [5, 5.41) is 0. The fraction of sp³-hybridized carbons (Fsp3) is 0.111. The molecule has 1 fully saturated rings. The minimum absolute atomic E-state index is 0.0618. The largest absolute Gasteiger partial charge is 0.340 e. The third kappa shape index (κ3) is 3.78. The third-order valence-electron chi connectivity index (χ3n) is 5.70. The Morgan fingerprint density at radius 3 is 2.28 bits per heavy atom. The Balaban J connectivity index is 1.43. The molecule has 158 valence electrons. The van der Waals surface area contributed by atoms with Crippen LogP contribution in [0.5, 0.6) is 0 Å². The molecule has 5 rings (SSSR count). The number of thioether (sulfide) groups is 1. The Hall–Kier alpha value is -3.15.